The number of fused-ring (bicyclic) bond motifs is 1. The number of carbonyl (C=O) groups excluding carboxylic acids is 1. The number of anilines is 1. The molecule has 6 nitrogen and oxygen atoms in total. The van der Waals surface area contributed by atoms with Gasteiger partial charge in [0.25, 0.3) is 5.91 Å². The molecule has 1 aromatic heterocycles. The summed E-state index contributed by atoms with van der Waals surface area (Å²) in [6.07, 6.45) is 1.47. The van der Waals surface area contributed by atoms with Crippen LogP contribution in [0.3, 0.4) is 0 Å². The number of hydrogen-bond acceptors (Lipinski definition) is 5. The molecule has 0 radical (unpaired) electrons. The summed E-state index contributed by atoms with van der Waals surface area (Å²) in [5, 5.41) is 24.0. The number of phenolic OH excluding ortho intramolecular Hbond substituents is 1. The Morgan fingerprint density at radius 1 is 0.964 bits per heavy atom. The van der Waals surface area contributed by atoms with Crippen molar-refractivity contribution in [3.8, 4) is 16.3 Å². The second-order valence-corrected chi connectivity index (χ2v) is 7.11. The van der Waals surface area contributed by atoms with E-state index < -0.39 is 11.9 Å². The van der Waals surface area contributed by atoms with Crippen LogP contribution in [0.4, 0.5) is 5.69 Å². The van der Waals surface area contributed by atoms with Crippen LogP contribution in [0.2, 0.25) is 0 Å². The number of aromatic nitrogens is 1. The average Bonchev–Trinajstić information content (AvgIpc) is 3.18. The zero-order valence-corrected chi connectivity index (χ0v) is 15.2. The van der Waals surface area contributed by atoms with E-state index >= 15 is 0 Å². The molecule has 0 bridgehead atoms. The fraction of sp³-hybridized carbons (Fsp3) is 0. The number of rotatable bonds is 4. The lowest BCUT2D eigenvalue weighted by molar-refractivity contribution is 0.0698. The van der Waals surface area contributed by atoms with E-state index in [1.807, 2.05) is 24.3 Å². The van der Waals surface area contributed by atoms with Gasteiger partial charge in [-0.25, -0.2) is 9.78 Å². The molecule has 1 heterocycles. The van der Waals surface area contributed by atoms with Crippen molar-refractivity contribution in [3.05, 3.63) is 77.3 Å². The van der Waals surface area contributed by atoms with Gasteiger partial charge in [-0.15, -0.1) is 11.3 Å². The van der Waals surface area contributed by atoms with Gasteiger partial charge in [0.1, 0.15) is 15.6 Å². The maximum Gasteiger partial charge on any atom is 0.337 e. The van der Waals surface area contributed by atoms with Gasteiger partial charge in [-0.1, -0.05) is 30.3 Å². The van der Waals surface area contributed by atoms with Crippen molar-refractivity contribution in [1.29, 1.82) is 0 Å². The first kappa shape index (κ1) is 17.7. The third-order valence-corrected chi connectivity index (χ3v) is 5.25. The van der Waals surface area contributed by atoms with Crippen LogP contribution < -0.4 is 5.32 Å². The Bertz CT molecular complexity index is 1220. The number of carboxylic acids is 1. The van der Waals surface area contributed by atoms with Gasteiger partial charge in [0.05, 0.1) is 17.4 Å². The molecule has 0 spiro atoms. The molecule has 1 amide bonds. The lowest BCUT2D eigenvalue weighted by Gasteiger charge is -2.06. The van der Waals surface area contributed by atoms with E-state index in [9.17, 15) is 19.8 Å². The van der Waals surface area contributed by atoms with Crippen molar-refractivity contribution in [3.63, 3.8) is 0 Å². The number of phenols is 1. The van der Waals surface area contributed by atoms with Crippen molar-refractivity contribution in [2.24, 2.45) is 0 Å². The number of thiazole rings is 1. The van der Waals surface area contributed by atoms with E-state index in [4.69, 9.17) is 0 Å². The molecule has 3 N–H and O–H groups in total. The van der Waals surface area contributed by atoms with Crippen LogP contribution in [0, 0.1) is 0 Å². The van der Waals surface area contributed by atoms with Crippen molar-refractivity contribution < 1.29 is 19.8 Å². The molecule has 4 aromatic rings. The summed E-state index contributed by atoms with van der Waals surface area (Å²) < 4.78 is 0. The summed E-state index contributed by atoms with van der Waals surface area (Å²) in [6, 6.07) is 17.1. The Hall–Kier alpha value is -3.71. The third kappa shape index (κ3) is 3.43. The van der Waals surface area contributed by atoms with Gasteiger partial charge >= 0.3 is 5.97 Å². The number of nitrogens with zero attached hydrogens (tertiary/aromatic N) is 1. The molecule has 4 rings (SSSR count). The van der Waals surface area contributed by atoms with E-state index in [1.165, 1.54) is 23.6 Å². The fourth-order valence-corrected chi connectivity index (χ4v) is 3.65. The zero-order valence-electron chi connectivity index (χ0n) is 14.4. The summed E-state index contributed by atoms with van der Waals surface area (Å²) in [7, 11) is 0. The van der Waals surface area contributed by atoms with Crippen LogP contribution in [-0.4, -0.2) is 27.1 Å². The molecule has 28 heavy (non-hydrogen) atoms. The number of carbonyl (C=O) groups is 2. The number of amides is 1. The number of nitrogens with one attached hydrogen (secondary N) is 1. The quantitative estimate of drug-likeness (QED) is 0.472. The highest BCUT2D eigenvalue weighted by atomic mass is 32.1. The van der Waals surface area contributed by atoms with Crippen molar-refractivity contribution in [2.75, 3.05) is 5.32 Å². The van der Waals surface area contributed by atoms with Gasteiger partial charge in [0.15, 0.2) is 0 Å². The van der Waals surface area contributed by atoms with Crippen LogP contribution >= 0.6 is 11.3 Å². The second-order valence-electron chi connectivity index (χ2n) is 6.08. The van der Waals surface area contributed by atoms with E-state index in [2.05, 4.69) is 10.3 Å². The molecular weight excluding hydrogens is 376 g/mol. The highest BCUT2D eigenvalue weighted by Gasteiger charge is 2.16. The number of aromatic hydroxyl groups is 1. The Morgan fingerprint density at radius 2 is 1.71 bits per heavy atom. The molecule has 0 fully saturated rings. The topological polar surface area (TPSA) is 99.5 Å². The smallest absolute Gasteiger partial charge is 0.337 e. The molecule has 0 saturated carbocycles. The Kier molecular flexibility index (Phi) is 4.50. The van der Waals surface area contributed by atoms with Gasteiger partial charge in [-0.3, -0.25) is 4.79 Å². The Balaban J connectivity index is 1.60. The minimum atomic E-state index is -1.11. The predicted molar refractivity (Wildman–Crippen MR) is 108 cm³/mol. The first-order valence-electron chi connectivity index (χ1n) is 8.34. The van der Waals surface area contributed by atoms with Crippen LogP contribution in [0.1, 0.15) is 20.0 Å². The molecule has 0 aliphatic carbocycles. The van der Waals surface area contributed by atoms with Crippen LogP contribution in [-0.2, 0) is 0 Å². The van der Waals surface area contributed by atoms with Gasteiger partial charge in [0, 0.05) is 5.56 Å². The minimum absolute atomic E-state index is 0.0263. The van der Waals surface area contributed by atoms with Crippen molar-refractivity contribution >= 4 is 39.7 Å². The number of hydrogen-bond donors (Lipinski definition) is 3. The molecule has 0 saturated heterocycles. The third-order valence-electron chi connectivity index (χ3n) is 4.21. The summed E-state index contributed by atoms with van der Waals surface area (Å²) in [6.45, 7) is 0. The lowest BCUT2D eigenvalue weighted by atomic mass is 10.1. The molecular formula is C21H14N2O4S. The van der Waals surface area contributed by atoms with Crippen LogP contribution in [0.5, 0.6) is 5.75 Å². The SMILES string of the molecule is O=C(Nc1ccccc1C(=O)O)c1cnc(-c2ccc3cc(O)ccc3c2)s1. The molecule has 0 aliphatic rings. The second kappa shape index (κ2) is 7.13. The standard InChI is InChI=1S/C21H14N2O4S/c24-15-8-7-12-9-14(6-5-13(12)10-15)20-22-11-18(28-20)19(25)23-17-4-2-1-3-16(17)21(26)27/h1-11,24H,(H,23,25)(H,26,27). The van der Waals surface area contributed by atoms with Crippen molar-refractivity contribution in [1.82, 2.24) is 4.98 Å². The molecule has 0 aliphatic heterocycles. The van der Waals surface area contributed by atoms with Gasteiger partial charge in [-0.2, -0.15) is 0 Å². The highest BCUT2D eigenvalue weighted by Crippen LogP contribution is 2.30. The average molecular weight is 390 g/mol. The first-order valence-corrected chi connectivity index (χ1v) is 9.15. The van der Waals surface area contributed by atoms with E-state index in [0.717, 1.165) is 16.3 Å². The van der Waals surface area contributed by atoms with Gasteiger partial charge in [-0.05, 0) is 41.1 Å². The Morgan fingerprint density at radius 3 is 2.54 bits per heavy atom. The van der Waals surface area contributed by atoms with Crippen LogP contribution in [0.15, 0.2) is 66.9 Å². The largest absolute Gasteiger partial charge is 0.508 e. The zero-order chi connectivity index (χ0) is 19.7. The predicted octanol–water partition coefficient (Wildman–Crippen LogP) is 4.62. The number of para-hydroxylation sites is 1. The number of carboxylic acid groups (broad SMARTS) is 1. The summed E-state index contributed by atoms with van der Waals surface area (Å²) in [5.74, 6) is -1.32. The molecule has 7 heteroatoms. The number of aromatic carboxylic acids is 1. The molecule has 0 unspecified atom stereocenters. The van der Waals surface area contributed by atoms with E-state index in [0.29, 0.717) is 9.88 Å². The highest BCUT2D eigenvalue weighted by molar-refractivity contribution is 7.17. The normalized spacial score (nSPS) is 10.7. The summed E-state index contributed by atoms with van der Waals surface area (Å²) in [5.41, 5.74) is 1.12. The maximum absolute atomic E-state index is 12.5. The molecule has 138 valence electrons. The maximum atomic E-state index is 12.5. The van der Waals surface area contributed by atoms with Crippen molar-refractivity contribution in [2.45, 2.75) is 0 Å². The molecule has 3 aromatic carbocycles. The lowest BCUT2D eigenvalue weighted by Crippen LogP contribution is -2.13. The van der Waals surface area contributed by atoms with E-state index in [1.54, 1.807) is 30.3 Å². The van der Waals surface area contributed by atoms with Crippen LogP contribution in [0.25, 0.3) is 21.3 Å². The first-order chi connectivity index (χ1) is 13.5. The molecule has 0 atom stereocenters. The fourth-order valence-electron chi connectivity index (χ4n) is 2.84. The summed E-state index contributed by atoms with van der Waals surface area (Å²) >= 11 is 1.22. The van der Waals surface area contributed by atoms with Gasteiger partial charge < -0.3 is 15.5 Å². The Labute approximate surface area is 163 Å². The summed E-state index contributed by atoms with van der Waals surface area (Å²) in [4.78, 5) is 28.5. The number of benzene rings is 3. The van der Waals surface area contributed by atoms with E-state index in [-0.39, 0.29) is 17.0 Å². The minimum Gasteiger partial charge on any atom is -0.508 e. The monoisotopic (exact) mass is 390 g/mol. The van der Waals surface area contributed by atoms with Gasteiger partial charge in [0.2, 0.25) is 0 Å².